The van der Waals surface area contributed by atoms with E-state index in [1.165, 1.54) is 35.2 Å². The van der Waals surface area contributed by atoms with Crippen LogP contribution in [0.1, 0.15) is 58.8 Å². The van der Waals surface area contributed by atoms with E-state index in [2.05, 4.69) is 110 Å². The molecule has 0 amide bonds. The van der Waals surface area contributed by atoms with Crippen molar-refractivity contribution in [1.82, 2.24) is 0 Å². The van der Waals surface area contributed by atoms with Crippen molar-refractivity contribution in [3.8, 4) is 0 Å². The predicted molar refractivity (Wildman–Crippen MR) is 196 cm³/mol. The lowest BCUT2D eigenvalue weighted by Crippen LogP contribution is -3.00. The number of ether oxygens (including phenoxy) is 3. The summed E-state index contributed by atoms with van der Waals surface area (Å²) < 4.78 is 31.4. The average Bonchev–Trinajstić information content (AvgIpc) is 3.90. The smallest absolute Gasteiger partial charge is 0.508 e. The zero-order chi connectivity index (χ0) is 35.8. The number of epoxide rings is 1. The van der Waals surface area contributed by atoms with E-state index in [-0.39, 0.29) is 29.2 Å². The van der Waals surface area contributed by atoms with Gasteiger partial charge < -0.3 is 44.5 Å². The standard InChI is InChI=1S/C24H30O3PSi.C7H12O3.C6H12O.CO2.BrH/c1-25-29(26-2,27-3)21-13-20-28(22-14-7-4-8-15-22,23-16-9-5-10-17-23)24-18-11-6-12-19-24;1-2-3-4-6-5-9-7(8)10-6;1-2-3-4-6-5-7-6;2-1-3;/h4-12,14-19H,13,20-21H2,1-3H3;6H,2-5H2,1H3;6H,2-5H2,1H3;;1H/q+1;;;;/p-1. The van der Waals surface area contributed by atoms with Crippen molar-refractivity contribution in [3.63, 3.8) is 0 Å². The molecule has 0 radical (unpaired) electrons. The van der Waals surface area contributed by atoms with E-state index >= 15 is 0 Å². The maximum atomic E-state index is 10.4. The maximum Gasteiger partial charge on any atom is 0.508 e. The SMILES string of the molecule is CCCCC1CO1.CCCCC1COC(=O)O1.CO[Si](CCC[P+](c1ccccc1)(c1ccccc1)c1ccccc1)(OC)OC.O=C=O.[Br-]. The molecule has 3 aromatic carbocycles. The van der Waals surface area contributed by atoms with E-state index in [0.29, 0.717) is 12.7 Å². The summed E-state index contributed by atoms with van der Waals surface area (Å²) in [6.45, 7) is 5.79. The highest BCUT2D eigenvalue weighted by Gasteiger charge is 2.46. The van der Waals surface area contributed by atoms with E-state index in [0.717, 1.165) is 44.5 Å². The van der Waals surface area contributed by atoms with Crippen LogP contribution in [0.5, 0.6) is 0 Å². The topological polar surface area (TPSA) is 110 Å². The number of hydrogen-bond acceptors (Lipinski definition) is 9. The van der Waals surface area contributed by atoms with Crippen molar-refractivity contribution in [3.05, 3.63) is 91.0 Å². The van der Waals surface area contributed by atoms with Crippen LogP contribution in [0, 0.1) is 0 Å². The fourth-order valence-corrected chi connectivity index (χ4v) is 11.9. The van der Waals surface area contributed by atoms with Gasteiger partial charge in [-0.3, -0.25) is 0 Å². The number of hydrogen-bond donors (Lipinski definition) is 0. The van der Waals surface area contributed by atoms with Gasteiger partial charge in [0.15, 0.2) is 0 Å². The Hall–Kier alpha value is -2.72. The van der Waals surface area contributed by atoms with E-state index in [1.807, 2.05) is 0 Å². The van der Waals surface area contributed by atoms with Gasteiger partial charge in [0.05, 0.1) is 18.9 Å². The second-order valence-electron chi connectivity index (χ2n) is 11.6. The lowest BCUT2D eigenvalue weighted by atomic mass is 10.2. The summed E-state index contributed by atoms with van der Waals surface area (Å²) >= 11 is 0. The van der Waals surface area contributed by atoms with Gasteiger partial charge in [-0.1, -0.05) is 87.7 Å². The van der Waals surface area contributed by atoms with Crippen LogP contribution < -0.4 is 32.9 Å². The van der Waals surface area contributed by atoms with Crippen LogP contribution in [0.25, 0.3) is 0 Å². The van der Waals surface area contributed by atoms with E-state index < -0.39 is 22.2 Å². The zero-order valence-electron chi connectivity index (χ0n) is 30.1. The molecule has 50 heavy (non-hydrogen) atoms. The molecule has 2 unspecified atom stereocenters. The van der Waals surface area contributed by atoms with Gasteiger partial charge in [0.25, 0.3) is 0 Å². The summed E-state index contributed by atoms with van der Waals surface area (Å²) in [5.41, 5.74) is 0. The fourth-order valence-electron chi connectivity index (χ4n) is 5.58. The molecule has 2 aliphatic heterocycles. The van der Waals surface area contributed by atoms with Gasteiger partial charge >= 0.3 is 21.1 Å². The molecule has 0 aromatic heterocycles. The van der Waals surface area contributed by atoms with Gasteiger partial charge in [0.2, 0.25) is 0 Å². The van der Waals surface area contributed by atoms with Gasteiger partial charge in [0, 0.05) is 27.4 Å². The van der Waals surface area contributed by atoms with Crippen LogP contribution in [0.2, 0.25) is 6.04 Å². The van der Waals surface area contributed by atoms with Gasteiger partial charge in [0.1, 0.15) is 35.9 Å². The second-order valence-corrected chi connectivity index (χ2v) is 18.3. The normalized spacial score (nSPS) is 15.9. The molecule has 2 aliphatic rings. The Labute approximate surface area is 310 Å². The first-order valence-electron chi connectivity index (χ1n) is 17.0. The van der Waals surface area contributed by atoms with Crippen LogP contribution in [0.15, 0.2) is 91.0 Å². The van der Waals surface area contributed by atoms with Crippen molar-refractivity contribution >= 4 is 44.3 Å². The molecule has 2 fully saturated rings. The predicted octanol–water partition coefficient (Wildman–Crippen LogP) is 3.96. The first kappa shape index (κ1) is 45.3. The van der Waals surface area contributed by atoms with Gasteiger partial charge in [-0.25, -0.2) is 4.79 Å². The molecule has 3 aromatic rings. The number of benzene rings is 3. The fraction of sp³-hybridized carbons (Fsp3) is 0.474. The number of rotatable bonds is 16. The van der Waals surface area contributed by atoms with Crippen LogP contribution in [-0.2, 0) is 37.1 Å². The minimum Gasteiger partial charge on any atom is -1.00 e. The summed E-state index contributed by atoms with van der Waals surface area (Å²) in [6.07, 6.45) is 9.51. The summed E-state index contributed by atoms with van der Waals surface area (Å²) in [5, 5.41) is 4.20. The zero-order valence-corrected chi connectivity index (χ0v) is 33.6. The number of cyclic esters (lactones) is 2. The quantitative estimate of drug-likeness (QED) is 0.0923. The number of carbonyl (C=O) groups excluding carboxylic acids is 3. The second kappa shape index (κ2) is 26.1. The molecule has 0 spiro atoms. The molecule has 9 nitrogen and oxygen atoms in total. The van der Waals surface area contributed by atoms with Crippen LogP contribution in [0.4, 0.5) is 4.79 Å². The minimum absolute atomic E-state index is 0. The molecule has 276 valence electrons. The van der Waals surface area contributed by atoms with E-state index in [1.54, 1.807) is 21.3 Å². The highest BCUT2D eigenvalue weighted by atomic mass is 79.9. The lowest BCUT2D eigenvalue weighted by Gasteiger charge is -2.29. The third kappa shape index (κ3) is 15.3. The Morgan fingerprint density at radius 1 is 0.700 bits per heavy atom. The molecular weight excluding hydrogens is 739 g/mol. The number of halogens is 1. The first-order valence-corrected chi connectivity index (χ1v) is 20.9. The van der Waals surface area contributed by atoms with Crippen LogP contribution >= 0.6 is 7.26 Å². The van der Waals surface area contributed by atoms with Crippen molar-refractivity contribution in [2.75, 3.05) is 40.7 Å². The first-order chi connectivity index (χ1) is 23.9. The minimum atomic E-state index is -2.60. The molecule has 0 aliphatic carbocycles. The molecule has 5 rings (SSSR count). The van der Waals surface area contributed by atoms with Crippen molar-refractivity contribution in [2.45, 2.75) is 77.0 Å². The largest absolute Gasteiger partial charge is 1.00 e. The number of carbonyl (C=O) groups is 1. The third-order valence-electron chi connectivity index (χ3n) is 8.31. The van der Waals surface area contributed by atoms with E-state index in [9.17, 15) is 4.79 Å². The summed E-state index contributed by atoms with van der Waals surface area (Å²) in [7, 11) is 0.646. The van der Waals surface area contributed by atoms with Crippen molar-refractivity contribution < 1.29 is 58.9 Å². The molecule has 0 N–H and O–H groups in total. The third-order valence-corrected chi connectivity index (χ3v) is 15.7. The molecule has 0 bridgehead atoms. The van der Waals surface area contributed by atoms with Crippen LogP contribution in [0.3, 0.4) is 0 Å². The van der Waals surface area contributed by atoms with Gasteiger partial charge in [-0.2, -0.15) is 9.59 Å². The Morgan fingerprint density at radius 2 is 1.10 bits per heavy atom. The molecular formula is C38H54BrO9PSi. The molecule has 2 heterocycles. The van der Waals surface area contributed by atoms with Crippen LogP contribution in [-0.4, -0.2) is 74.0 Å². The highest BCUT2D eigenvalue weighted by Crippen LogP contribution is 2.56. The lowest BCUT2D eigenvalue weighted by molar-refractivity contribution is -0.191. The van der Waals surface area contributed by atoms with Gasteiger partial charge in [-0.05, 0) is 62.1 Å². The maximum absolute atomic E-state index is 10.4. The molecule has 0 saturated carbocycles. The molecule has 2 atom stereocenters. The van der Waals surface area contributed by atoms with E-state index in [4.69, 9.17) is 32.3 Å². The monoisotopic (exact) mass is 792 g/mol. The Bertz CT molecular complexity index is 1220. The molecule has 12 heteroatoms. The summed E-state index contributed by atoms with van der Waals surface area (Å²) in [5.74, 6) is 0. The number of unbranched alkanes of at least 4 members (excludes halogenated alkanes) is 2. The average molecular weight is 794 g/mol. The molecule has 2 saturated heterocycles. The summed E-state index contributed by atoms with van der Waals surface area (Å²) in [6, 6.07) is 33.6. The summed E-state index contributed by atoms with van der Waals surface area (Å²) in [4.78, 5) is 26.6. The Morgan fingerprint density at radius 3 is 1.42 bits per heavy atom. The Balaban J connectivity index is 0.000000483. The van der Waals surface area contributed by atoms with Crippen molar-refractivity contribution in [2.24, 2.45) is 0 Å². The Kier molecular flexibility index (Phi) is 23.7. The highest BCUT2D eigenvalue weighted by molar-refractivity contribution is 7.95. The van der Waals surface area contributed by atoms with Crippen molar-refractivity contribution in [1.29, 1.82) is 0 Å². The van der Waals surface area contributed by atoms with Gasteiger partial charge in [-0.15, -0.1) is 0 Å².